The minimum Gasteiger partial charge on any atom is -0.475 e. The van der Waals surface area contributed by atoms with Crippen molar-refractivity contribution < 1.29 is 36.8 Å². The van der Waals surface area contributed by atoms with Gasteiger partial charge in [0, 0.05) is 24.4 Å². The minimum absolute atomic E-state index is 0.120. The van der Waals surface area contributed by atoms with Gasteiger partial charge in [-0.3, -0.25) is 9.78 Å². The van der Waals surface area contributed by atoms with Crippen molar-refractivity contribution in [3.63, 3.8) is 0 Å². The highest BCUT2D eigenvalue weighted by atomic mass is 19.4. The van der Waals surface area contributed by atoms with E-state index in [2.05, 4.69) is 15.1 Å². The third-order valence-electron chi connectivity index (χ3n) is 5.48. The molecule has 0 fully saturated rings. The summed E-state index contributed by atoms with van der Waals surface area (Å²) in [5.41, 5.74) is 5.04. The average molecular weight is 538 g/mol. The number of oxazole rings is 1. The van der Waals surface area contributed by atoms with Crippen molar-refractivity contribution in [2.45, 2.75) is 19.6 Å². The van der Waals surface area contributed by atoms with Gasteiger partial charge in [0.25, 0.3) is 5.91 Å². The first-order chi connectivity index (χ1) is 18.5. The third-order valence-corrected chi connectivity index (χ3v) is 5.48. The lowest BCUT2D eigenvalue weighted by molar-refractivity contribution is -0.192. The molecular weight excluding hydrogens is 517 g/mol. The molecule has 3 heterocycles. The molecule has 39 heavy (non-hydrogen) atoms. The zero-order chi connectivity index (χ0) is 28.2. The fraction of sp³-hybridized carbons (Fsp3) is 0.148. The Kier molecular flexibility index (Phi) is 7.75. The third kappa shape index (κ3) is 6.47. The van der Waals surface area contributed by atoms with Crippen molar-refractivity contribution in [3.05, 3.63) is 89.9 Å². The lowest BCUT2D eigenvalue weighted by Gasteiger charge is -2.16. The highest BCUT2D eigenvalue weighted by Gasteiger charge is 2.38. The van der Waals surface area contributed by atoms with Crippen LogP contribution in [0.3, 0.4) is 0 Å². The van der Waals surface area contributed by atoms with Crippen molar-refractivity contribution in [1.29, 1.82) is 0 Å². The number of hydrogen-bond donors (Lipinski definition) is 1. The van der Waals surface area contributed by atoms with Crippen molar-refractivity contribution in [3.8, 4) is 22.8 Å². The molecule has 0 bridgehead atoms. The van der Waals surface area contributed by atoms with E-state index in [1.165, 1.54) is 0 Å². The molecule has 200 valence electrons. The predicted octanol–water partition coefficient (Wildman–Crippen LogP) is 5.76. The Hall–Kier alpha value is -5.00. The molecule has 1 amide bonds. The molecule has 3 aromatic heterocycles. The summed E-state index contributed by atoms with van der Waals surface area (Å²) in [6.45, 7) is 2.44. The van der Waals surface area contributed by atoms with E-state index in [0.717, 1.165) is 16.8 Å². The Balaban J connectivity index is 0.000000448. The first-order valence-electron chi connectivity index (χ1n) is 11.4. The highest BCUT2D eigenvalue weighted by Crippen LogP contribution is 2.31. The van der Waals surface area contributed by atoms with Gasteiger partial charge >= 0.3 is 12.1 Å². The smallest absolute Gasteiger partial charge is 0.475 e. The van der Waals surface area contributed by atoms with Crippen LogP contribution in [0.25, 0.3) is 33.8 Å². The molecule has 0 unspecified atom stereocenters. The van der Waals surface area contributed by atoms with Gasteiger partial charge < -0.3 is 18.9 Å². The highest BCUT2D eigenvalue weighted by molar-refractivity contribution is 6.00. The van der Waals surface area contributed by atoms with Gasteiger partial charge in [-0.25, -0.2) is 9.78 Å². The van der Waals surface area contributed by atoms with Gasteiger partial charge in [0.2, 0.25) is 5.89 Å². The Bertz CT molecular complexity index is 1600. The number of carbonyl (C=O) groups excluding carboxylic acids is 1. The summed E-state index contributed by atoms with van der Waals surface area (Å²) < 4.78 is 42.9. The van der Waals surface area contributed by atoms with Crippen LogP contribution in [0.5, 0.6) is 0 Å². The molecule has 5 aromatic rings. The Morgan fingerprint density at radius 2 is 1.77 bits per heavy atom. The van der Waals surface area contributed by atoms with Gasteiger partial charge in [-0.2, -0.15) is 13.2 Å². The summed E-state index contributed by atoms with van der Waals surface area (Å²) in [5, 5.41) is 12.0. The van der Waals surface area contributed by atoms with E-state index < -0.39 is 12.1 Å². The second-order valence-corrected chi connectivity index (χ2v) is 8.43. The van der Waals surface area contributed by atoms with Crippen molar-refractivity contribution in [2.75, 3.05) is 7.05 Å². The number of pyridine rings is 1. The van der Waals surface area contributed by atoms with Crippen molar-refractivity contribution in [1.82, 2.24) is 20.0 Å². The Morgan fingerprint density at radius 3 is 2.41 bits per heavy atom. The second-order valence-electron chi connectivity index (χ2n) is 8.43. The van der Waals surface area contributed by atoms with E-state index in [0.29, 0.717) is 40.4 Å². The zero-order valence-electron chi connectivity index (χ0n) is 20.6. The first-order valence-corrected chi connectivity index (χ1v) is 11.4. The van der Waals surface area contributed by atoms with Crippen LogP contribution in [-0.4, -0.2) is 50.2 Å². The number of amides is 1. The molecule has 2 aromatic carbocycles. The standard InChI is InChI=1S/C25H20N4O3.C2HF3O2/c1-16-6-8-17(9-7-16)24-27-21(15-31-24)23-20-13-18(10-11-22(20)32-28-23)25(30)29(2)14-19-5-3-4-12-26-19;3-2(4,5)1(6)7/h3-13,15H,14H2,1-2H3;(H,6,7). The van der Waals surface area contributed by atoms with E-state index >= 15 is 0 Å². The molecule has 12 heteroatoms. The van der Waals surface area contributed by atoms with E-state index in [-0.39, 0.29) is 5.91 Å². The van der Waals surface area contributed by atoms with Crippen LogP contribution in [0.4, 0.5) is 13.2 Å². The predicted molar refractivity (Wildman–Crippen MR) is 133 cm³/mol. The monoisotopic (exact) mass is 538 g/mol. The summed E-state index contributed by atoms with van der Waals surface area (Å²) in [7, 11) is 1.75. The molecule has 0 aliphatic heterocycles. The van der Waals surface area contributed by atoms with Gasteiger partial charge in [-0.15, -0.1) is 0 Å². The fourth-order valence-electron chi connectivity index (χ4n) is 3.49. The number of alkyl halides is 3. The number of carboxylic acid groups (broad SMARTS) is 1. The van der Waals surface area contributed by atoms with Gasteiger partial charge in [0.05, 0.1) is 17.6 Å². The Labute approximate surface area is 219 Å². The van der Waals surface area contributed by atoms with Gasteiger partial charge in [-0.1, -0.05) is 28.9 Å². The molecule has 0 saturated carbocycles. The van der Waals surface area contributed by atoms with E-state index in [9.17, 15) is 18.0 Å². The zero-order valence-corrected chi connectivity index (χ0v) is 20.6. The van der Waals surface area contributed by atoms with Crippen LogP contribution >= 0.6 is 0 Å². The number of rotatable bonds is 5. The van der Waals surface area contributed by atoms with Crippen LogP contribution in [0, 0.1) is 6.92 Å². The van der Waals surface area contributed by atoms with Gasteiger partial charge in [0.15, 0.2) is 5.58 Å². The maximum Gasteiger partial charge on any atom is 0.490 e. The van der Waals surface area contributed by atoms with E-state index in [1.807, 2.05) is 49.4 Å². The maximum absolute atomic E-state index is 13.0. The second kappa shape index (κ2) is 11.2. The number of halogens is 3. The molecule has 0 spiro atoms. The normalized spacial score (nSPS) is 11.1. The largest absolute Gasteiger partial charge is 0.490 e. The fourth-order valence-corrected chi connectivity index (χ4v) is 3.49. The van der Waals surface area contributed by atoms with Crippen LogP contribution < -0.4 is 0 Å². The van der Waals surface area contributed by atoms with Crippen LogP contribution in [-0.2, 0) is 11.3 Å². The molecule has 0 aliphatic carbocycles. The molecule has 0 aliphatic rings. The number of carboxylic acids is 1. The lowest BCUT2D eigenvalue weighted by Crippen LogP contribution is -2.26. The van der Waals surface area contributed by atoms with Crippen molar-refractivity contribution in [2.24, 2.45) is 0 Å². The summed E-state index contributed by atoms with van der Waals surface area (Å²) in [6.07, 6.45) is -1.82. The van der Waals surface area contributed by atoms with E-state index in [4.69, 9.17) is 18.8 Å². The van der Waals surface area contributed by atoms with E-state index in [1.54, 1.807) is 42.6 Å². The van der Waals surface area contributed by atoms with Crippen LogP contribution in [0.1, 0.15) is 21.6 Å². The molecule has 1 N–H and O–H groups in total. The summed E-state index contributed by atoms with van der Waals surface area (Å²) in [4.78, 5) is 32.4. The lowest BCUT2D eigenvalue weighted by atomic mass is 10.1. The number of nitrogens with zero attached hydrogens (tertiary/aromatic N) is 4. The topological polar surface area (TPSA) is 123 Å². The summed E-state index contributed by atoms with van der Waals surface area (Å²) in [5.74, 6) is -2.38. The molecule has 0 radical (unpaired) electrons. The van der Waals surface area contributed by atoms with Gasteiger partial charge in [-0.05, 0) is 49.4 Å². The summed E-state index contributed by atoms with van der Waals surface area (Å²) >= 11 is 0. The van der Waals surface area contributed by atoms with Crippen molar-refractivity contribution >= 4 is 22.8 Å². The first kappa shape index (κ1) is 27.0. The SMILES string of the molecule is Cc1ccc(-c2nc(-c3noc4ccc(C(=O)N(C)Cc5ccccn5)cc34)co2)cc1.O=C(O)C(F)(F)F. The Morgan fingerprint density at radius 1 is 1.05 bits per heavy atom. The number of fused-ring (bicyclic) bond motifs is 1. The molecule has 9 nitrogen and oxygen atoms in total. The average Bonchev–Trinajstić information content (AvgIpc) is 3.56. The number of carbonyl (C=O) groups is 2. The van der Waals surface area contributed by atoms with Crippen LogP contribution in [0.15, 0.2) is 82.1 Å². The number of aliphatic carboxylic acids is 1. The molecule has 0 atom stereocenters. The molecular formula is C27H21F3N4O5. The number of benzene rings is 2. The maximum atomic E-state index is 13.0. The number of aromatic nitrogens is 3. The van der Waals surface area contributed by atoms with Crippen LogP contribution in [0.2, 0.25) is 0 Å². The molecule has 0 saturated heterocycles. The van der Waals surface area contributed by atoms with Gasteiger partial charge in [0.1, 0.15) is 17.7 Å². The summed E-state index contributed by atoms with van der Waals surface area (Å²) in [6, 6.07) is 18.8. The minimum atomic E-state index is -5.08. The quantitative estimate of drug-likeness (QED) is 0.300. The molecule has 5 rings (SSSR count). The number of aryl methyl sites for hydroxylation is 1. The number of hydrogen-bond acceptors (Lipinski definition) is 7.